The van der Waals surface area contributed by atoms with E-state index in [0.29, 0.717) is 23.8 Å². The first-order chi connectivity index (χ1) is 15.1. The maximum Gasteiger partial charge on any atom is 0.335 e. The first-order valence-corrected chi connectivity index (χ1v) is 10.0. The van der Waals surface area contributed by atoms with Crippen LogP contribution in [0.15, 0.2) is 60.7 Å². The first-order valence-electron chi connectivity index (χ1n) is 10.0. The van der Waals surface area contributed by atoms with Gasteiger partial charge in [0.05, 0.1) is 5.56 Å². The van der Waals surface area contributed by atoms with Crippen LogP contribution in [0.2, 0.25) is 0 Å². The molecule has 0 fully saturated rings. The van der Waals surface area contributed by atoms with E-state index >= 15 is 0 Å². The Balaban J connectivity index is 1.46. The number of aromatic carboxylic acids is 1. The van der Waals surface area contributed by atoms with E-state index in [2.05, 4.69) is 0 Å². The van der Waals surface area contributed by atoms with E-state index in [0.717, 1.165) is 22.4 Å². The fraction of sp³-hybridized carbons (Fsp3) is 0.208. The van der Waals surface area contributed by atoms with Crippen molar-refractivity contribution in [1.29, 1.82) is 0 Å². The molecule has 6 rings (SSSR count). The molecule has 3 aromatic carbocycles. The largest absolute Gasteiger partial charge is 0.492 e. The van der Waals surface area contributed by atoms with Crippen molar-refractivity contribution in [1.82, 2.24) is 0 Å². The minimum Gasteiger partial charge on any atom is -0.492 e. The van der Waals surface area contributed by atoms with Crippen LogP contribution in [-0.2, 0) is 12.0 Å². The molecule has 3 aliphatic heterocycles. The summed E-state index contributed by atoms with van der Waals surface area (Å²) in [4.78, 5) is 13.3. The Bertz CT molecular complexity index is 1220. The van der Waals surface area contributed by atoms with Gasteiger partial charge in [-0.1, -0.05) is 30.3 Å². The molecule has 7 nitrogen and oxygen atoms in total. The first kappa shape index (κ1) is 18.1. The second-order valence-corrected chi connectivity index (χ2v) is 7.99. The molecule has 0 saturated heterocycles. The number of anilines is 1. The van der Waals surface area contributed by atoms with Crippen molar-refractivity contribution in [2.75, 3.05) is 18.3 Å². The minimum absolute atomic E-state index is 0.163. The molecule has 2 unspecified atom stereocenters. The summed E-state index contributed by atoms with van der Waals surface area (Å²) in [6.45, 7) is 0.812. The molecule has 156 valence electrons. The number of carboxylic acid groups (broad SMARTS) is 1. The van der Waals surface area contributed by atoms with Crippen LogP contribution in [0.25, 0.3) is 0 Å². The average Bonchev–Trinajstić information content (AvgIpc) is 3.45. The number of hydrogen-bond donors (Lipinski definition) is 2. The van der Waals surface area contributed by atoms with Crippen LogP contribution in [0.5, 0.6) is 17.2 Å². The van der Waals surface area contributed by atoms with E-state index < -0.39 is 17.6 Å². The highest BCUT2D eigenvalue weighted by Gasteiger charge is 2.56. The Morgan fingerprint density at radius 3 is 2.61 bits per heavy atom. The second-order valence-electron chi connectivity index (χ2n) is 7.99. The van der Waals surface area contributed by atoms with Crippen LogP contribution in [-0.4, -0.2) is 35.8 Å². The Morgan fingerprint density at radius 1 is 0.968 bits per heavy atom. The van der Waals surface area contributed by atoms with Crippen molar-refractivity contribution in [2.24, 2.45) is 0 Å². The lowest BCUT2D eigenvalue weighted by molar-refractivity contribution is 0.0696. The fourth-order valence-corrected chi connectivity index (χ4v) is 4.91. The smallest absolute Gasteiger partial charge is 0.335 e. The molecule has 0 amide bonds. The van der Waals surface area contributed by atoms with Gasteiger partial charge in [-0.3, -0.25) is 0 Å². The van der Waals surface area contributed by atoms with Crippen molar-refractivity contribution in [3.05, 3.63) is 82.9 Å². The molecule has 0 bridgehead atoms. The van der Waals surface area contributed by atoms with Crippen LogP contribution in [0.3, 0.4) is 0 Å². The van der Waals surface area contributed by atoms with Gasteiger partial charge in [0, 0.05) is 23.9 Å². The number of carboxylic acids is 1. The molecule has 0 aromatic heterocycles. The molecule has 2 atom stereocenters. The van der Waals surface area contributed by atoms with Gasteiger partial charge in [0.25, 0.3) is 0 Å². The number of nitrogens with zero attached hydrogens (tertiary/aromatic N) is 1. The average molecular weight is 417 g/mol. The van der Waals surface area contributed by atoms with Crippen molar-refractivity contribution in [2.45, 2.75) is 18.2 Å². The highest BCUT2D eigenvalue weighted by Crippen LogP contribution is 2.56. The molecule has 2 N–H and O–H groups in total. The van der Waals surface area contributed by atoms with Crippen molar-refractivity contribution >= 4 is 11.7 Å². The van der Waals surface area contributed by atoms with Gasteiger partial charge in [-0.05, 0) is 35.4 Å². The van der Waals surface area contributed by atoms with Crippen LogP contribution < -0.4 is 19.1 Å². The summed E-state index contributed by atoms with van der Waals surface area (Å²) in [5.74, 6) is 0.975. The van der Waals surface area contributed by atoms with Crippen LogP contribution in [0.1, 0.15) is 27.0 Å². The number of hydrogen-bond acceptors (Lipinski definition) is 6. The van der Waals surface area contributed by atoms with E-state index in [1.807, 2.05) is 47.4 Å². The summed E-state index contributed by atoms with van der Waals surface area (Å²) in [5, 5.41) is 21.0. The van der Waals surface area contributed by atoms with Crippen molar-refractivity contribution in [3.63, 3.8) is 0 Å². The molecule has 0 aliphatic carbocycles. The van der Waals surface area contributed by atoms with Crippen LogP contribution >= 0.6 is 0 Å². The summed E-state index contributed by atoms with van der Waals surface area (Å²) in [7, 11) is 0. The lowest BCUT2D eigenvalue weighted by Crippen LogP contribution is -2.46. The van der Waals surface area contributed by atoms with Gasteiger partial charge in [-0.15, -0.1) is 0 Å². The summed E-state index contributed by atoms with van der Waals surface area (Å²) >= 11 is 0. The lowest BCUT2D eigenvalue weighted by atomic mass is 9.76. The van der Waals surface area contributed by atoms with Gasteiger partial charge in [-0.25, -0.2) is 4.79 Å². The van der Waals surface area contributed by atoms with E-state index in [1.54, 1.807) is 18.2 Å². The Kier molecular flexibility index (Phi) is 3.73. The number of rotatable bonds is 3. The van der Waals surface area contributed by atoms with E-state index in [4.69, 9.17) is 14.2 Å². The summed E-state index contributed by atoms with van der Waals surface area (Å²) in [6, 6.07) is 18.4. The monoisotopic (exact) mass is 417 g/mol. The van der Waals surface area contributed by atoms with Gasteiger partial charge in [0.2, 0.25) is 6.79 Å². The molecule has 31 heavy (non-hydrogen) atoms. The fourth-order valence-electron chi connectivity index (χ4n) is 4.91. The quantitative estimate of drug-likeness (QED) is 0.677. The van der Waals surface area contributed by atoms with E-state index in [9.17, 15) is 15.0 Å². The molecule has 3 aromatic rings. The number of ether oxygens (including phenoxy) is 3. The van der Waals surface area contributed by atoms with Gasteiger partial charge >= 0.3 is 5.97 Å². The molecular weight excluding hydrogens is 398 g/mol. The Hall–Kier alpha value is -3.71. The Labute approximate surface area is 178 Å². The molecule has 3 heterocycles. The molecule has 0 radical (unpaired) electrons. The zero-order valence-corrected chi connectivity index (χ0v) is 16.4. The number of benzene rings is 3. The third-order valence-corrected chi connectivity index (χ3v) is 6.37. The third-order valence-electron chi connectivity index (χ3n) is 6.37. The van der Waals surface area contributed by atoms with Crippen LogP contribution in [0.4, 0.5) is 5.69 Å². The van der Waals surface area contributed by atoms with Gasteiger partial charge in [-0.2, -0.15) is 0 Å². The predicted molar refractivity (Wildman–Crippen MR) is 111 cm³/mol. The van der Waals surface area contributed by atoms with Gasteiger partial charge < -0.3 is 29.3 Å². The number of para-hydroxylation sites is 1. The summed E-state index contributed by atoms with van der Waals surface area (Å²) in [6.07, 6.45) is -0.903. The van der Waals surface area contributed by atoms with Gasteiger partial charge in [0.15, 0.2) is 11.5 Å². The standard InChI is InChI=1S/C24H19NO6/c26-22(27)15-5-3-4-14(8-15)11-25-18-7-2-1-6-16(18)24(23(25)28)12-29-19-10-21-20(9-17(19)24)30-13-31-21/h1-10,23,28H,11-13H2,(H,26,27). The molecule has 7 heteroatoms. The van der Waals surface area contributed by atoms with E-state index in [1.165, 1.54) is 0 Å². The minimum atomic E-state index is -0.977. The molecule has 1 spiro atoms. The molecule has 0 saturated carbocycles. The maximum absolute atomic E-state index is 11.7. The highest BCUT2D eigenvalue weighted by atomic mass is 16.7. The number of aliphatic hydroxyl groups is 1. The molecule has 3 aliphatic rings. The van der Waals surface area contributed by atoms with E-state index in [-0.39, 0.29) is 19.0 Å². The number of carbonyl (C=O) groups is 1. The lowest BCUT2D eigenvalue weighted by Gasteiger charge is -2.32. The predicted octanol–water partition coefficient (Wildman–Crippen LogP) is 3.13. The number of aliphatic hydroxyl groups excluding tert-OH is 1. The van der Waals surface area contributed by atoms with Crippen LogP contribution in [0, 0.1) is 0 Å². The zero-order valence-electron chi connectivity index (χ0n) is 16.4. The maximum atomic E-state index is 11.7. The zero-order chi connectivity index (χ0) is 21.2. The molecular formula is C24H19NO6. The van der Waals surface area contributed by atoms with Crippen molar-refractivity contribution < 1.29 is 29.2 Å². The highest BCUT2D eigenvalue weighted by molar-refractivity contribution is 5.87. The third kappa shape index (κ3) is 2.47. The summed E-state index contributed by atoms with van der Waals surface area (Å²) in [5.41, 5.74) is 2.96. The topological polar surface area (TPSA) is 88.5 Å². The summed E-state index contributed by atoms with van der Waals surface area (Å²) < 4.78 is 17.1. The number of fused-ring (bicyclic) bond motifs is 5. The second kappa shape index (κ2) is 6.39. The normalized spacial score (nSPS) is 22.4. The van der Waals surface area contributed by atoms with Crippen molar-refractivity contribution in [3.8, 4) is 17.2 Å². The SMILES string of the molecule is O=C(O)c1cccc(CN2c3ccccc3C3(COc4cc5c(cc43)OCO5)C2O)c1. The van der Waals surface area contributed by atoms with Gasteiger partial charge in [0.1, 0.15) is 24.0 Å². The Morgan fingerprint density at radius 2 is 1.77 bits per heavy atom.